The van der Waals surface area contributed by atoms with E-state index in [1.807, 2.05) is 31.2 Å². The van der Waals surface area contributed by atoms with E-state index in [4.69, 9.17) is 17.3 Å². The summed E-state index contributed by atoms with van der Waals surface area (Å²) in [4.78, 5) is 25.1. The maximum absolute atomic E-state index is 12.2. The summed E-state index contributed by atoms with van der Waals surface area (Å²) in [7, 11) is 0. The van der Waals surface area contributed by atoms with Gasteiger partial charge in [-0.1, -0.05) is 23.7 Å². The molecule has 22 heavy (non-hydrogen) atoms. The number of amides is 2. The van der Waals surface area contributed by atoms with Crippen molar-refractivity contribution in [3.05, 3.63) is 34.9 Å². The highest BCUT2D eigenvalue weighted by Gasteiger charge is 2.25. The van der Waals surface area contributed by atoms with Gasteiger partial charge in [0.25, 0.3) is 0 Å². The average Bonchev–Trinajstić information content (AvgIpc) is 2.53. The van der Waals surface area contributed by atoms with Gasteiger partial charge in [-0.2, -0.15) is 0 Å². The summed E-state index contributed by atoms with van der Waals surface area (Å²) in [5.74, 6) is -0.296. The monoisotopic (exact) mass is 323 g/mol. The van der Waals surface area contributed by atoms with E-state index in [0.29, 0.717) is 31.0 Å². The van der Waals surface area contributed by atoms with E-state index in [1.165, 1.54) is 0 Å². The number of piperidine rings is 1. The number of nitrogens with zero attached hydrogens (tertiary/aromatic N) is 1. The van der Waals surface area contributed by atoms with Crippen LogP contribution in [0.3, 0.4) is 0 Å². The lowest BCUT2D eigenvalue weighted by Crippen LogP contribution is -2.45. The van der Waals surface area contributed by atoms with E-state index in [9.17, 15) is 9.59 Å². The van der Waals surface area contributed by atoms with Gasteiger partial charge in [0.1, 0.15) is 0 Å². The third kappa shape index (κ3) is 4.45. The van der Waals surface area contributed by atoms with Crippen LogP contribution in [0.25, 0.3) is 0 Å². The Balaban J connectivity index is 1.78. The van der Waals surface area contributed by atoms with Crippen LogP contribution in [0.15, 0.2) is 24.3 Å². The predicted octanol–water partition coefficient (Wildman–Crippen LogP) is 1.71. The van der Waals surface area contributed by atoms with Gasteiger partial charge in [-0.25, -0.2) is 0 Å². The number of carbonyl (C=O) groups excluding carboxylic acids is 2. The number of carbonyl (C=O) groups is 2. The summed E-state index contributed by atoms with van der Waals surface area (Å²) in [5.41, 5.74) is 6.39. The number of hydrogen-bond donors (Lipinski definition) is 2. The van der Waals surface area contributed by atoms with Gasteiger partial charge in [0, 0.05) is 30.1 Å². The zero-order valence-corrected chi connectivity index (χ0v) is 13.5. The van der Waals surface area contributed by atoms with Gasteiger partial charge in [-0.3, -0.25) is 9.59 Å². The second-order valence-corrected chi connectivity index (χ2v) is 6.15. The topological polar surface area (TPSA) is 75.4 Å². The van der Waals surface area contributed by atoms with Crippen LogP contribution in [0, 0.1) is 5.92 Å². The first-order valence-electron chi connectivity index (χ1n) is 7.53. The number of rotatable bonds is 5. The van der Waals surface area contributed by atoms with Crippen molar-refractivity contribution in [3.63, 3.8) is 0 Å². The van der Waals surface area contributed by atoms with Crippen LogP contribution in [0.2, 0.25) is 5.02 Å². The maximum Gasteiger partial charge on any atom is 0.236 e. The molecule has 0 bridgehead atoms. The quantitative estimate of drug-likeness (QED) is 0.866. The van der Waals surface area contributed by atoms with Crippen molar-refractivity contribution < 1.29 is 9.59 Å². The van der Waals surface area contributed by atoms with Crippen molar-refractivity contribution in [1.82, 2.24) is 10.2 Å². The molecular weight excluding hydrogens is 302 g/mol. The molecule has 0 saturated carbocycles. The molecule has 1 aliphatic heterocycles. The minimum Gasteiger partial charge on any atom is -0.369 e. The van der Waals surface area contributed by atoms with Gasteiger partial charge in [-0.15, -0.1) is 0 Å². The van der Waals surface area contributed by atoms with E-state index >= 15 is 0 Å². The Morgan fingerprint density at radius 2 is 1.91 bits per heavy atom. The standard InChI is InChI=1S/C16H22ClN3O2/c1-11(12-2-4-14(17)5-3-12)19-10-15(21)20-8-6-13(7-9-20)16(18)22/h2-5,11,13,19H,6-10H2,1H3,(H2,18,22). The number of likely N-dealkylation sites (tertiary alicyclic amines) is 1. The summed E-state index contributed by atoms with van der Waals surface area (Å²) in [6.45, 7) is 3.49. The summed E-state index contributed by atoms with van der Waals surface area (Å²) < 4.78 is 0. The number of primary amides is 1. The number of nitrogens with two attached hydrogens (primary N) is 1. The molecule has 2 amide bonds. The van der Waals surface area contributed by atoms with Gasteiger partial charge in [-0.05, 0) is 37.5 Å². The van der Waals surface area contributed by atoms with Crippen molar-refractivity contribution in [2.45, 2.75) is 25.8 Å². The van der Waals surface area contributed by atoms with E-state index in [0.717, 1.165) is 5.56 Å². The first kappa shape index (κ1) is 16.8. The first-order valence-corrected chi connectivity index (χ1v) is 7.91. The smallest absolute Gasteiger partial charge is 0.236 e. The first-order chi connectivity index (χ1) is 10.5. The molecule has 6 heteroatoms. The van der Waals surface area contributed by atoms with Crippen LogP contribution < -0.4 is 11.1 Å². The van der Waals surface area contributed by atoms with Gasteiger partial charge in [0.15, 0.2) is 0 Å². The Bertz CT molecular complexity index is 525. The van der Waals surface area contributed by atoms with Gasteiger partial charge >= 0.3 is 0 Å². The Morgan fingerprint density at radius 1 is 1.32 bits per heavy atom. The van der Waals surface area contributed by atoms with Crippen LogP contribution in [-0.2, 0) is 9.59 Å². The molecule has 5 nitrogen and oxygen atoms in total. The molecule has 120 valence electrons. The number of benzene rings is 1. The van der Waals surface area contributed by atoms with Crippen molar-refractivity contribution in [2.24, 2.45) is 11.7 Å². The van der Waals surface area contributed by atoms with Crippen molar-refractivity contribution in [2.75, 3.05) is 19.6 Å². The van der Waals surface area contributed by atoms with Crippen molar-refractivity contribution in [3.8, 4) is 0 Å². The van der Waals surface area contributed by atoms with E-state index in [2.05, 4.69) is 5.32 Å². The minimum absolute atomic E-state index is 0.0590. The molecule has 1 heterocycles. The number of nitrogens with one attached hydrogen (secondary N) is 1. The van der Waals surface area contributed by atoms with Crippen LogP contribution in [-0.4, -0.2) is 36.3 Å². The van der Waals surface area contributed by atoms with Crippen LogP contribution >= 0.6 is 11.6 Å². The fourth-order valence-corrected chi connectivity index (χ4v) is 2.76. The zero-order valence-electron chi connectivity index (χ0n) is 12.7. The third-order valence-corrected chi connectivity index (χ3v) is 4.43. The lowest BCUT2D eigenvalue weighted by Gasteiger charge is -2.31. The van der Waals surface area contributed by atoms with Gasteiger partial charge in [0.2, 0.25) is 11.8 Å². The highest BCUT2D eigenvalue weighted by atomic mass is 35.5. The Labute approximate surface area is 135 Å². The van der Waals surface area contributed by atoms with E-state index in [-0.39, 0.29) is 30.3 Å². The molecule has 1 aromatic carbocycles. The summed E-state index contributed by atoms with van der Waals surface area (Å²) >= 11 is 5.87. The second kappa shape index (κ2) is 7.61. The molecule has 1 aromatic rings. The van der Waals surface area contributed by atoms with Crippen LogP contribution in [0.4, 0.5) is 0 Å². The zero-order chi connectivity index (χ0) is 16.1. The van der Waals surface area contributed by atoms with E-state index in [1.54, 1.807) is 4.90 Å². The highest BCUT2D eigenvalue weighted by Crippen LogP contribution is 2.18. The fourth-order valence-electron chi connectivity index (χ4n) is 2.63. The molecular formula is C16H22ClN3O2. The Hall–Kier alpha value is -1.59. The summed E-state index contributed by atoms with van der Waals surface area (Å²) in [5, 5.41) is 3.92. The third-order valence-electron chi connectivity index (χ3n) is 4.18. The molecule has 1 saturated heterocycles. The average molecular weight is 324 g/mol. The normalized spacial score (nSPS) is 17.3. The molecule has 1 atom stereocenters. The van der Waals surface area contributed by atoms with Crippen molar-refractivity contribution >= 4 is 23.4 Å². The number of hydrogen-bond acceptors (Lipinski definition) is 3. The lowest BCUT2D eigenvalue weighted by molar-refractivity contribution is -0.134. The predicted molar refractivity (Wildman–Crippen MR) is 86.4 cm³/mol. The molecule has 2 rings (SSSR count). The van der Waals surface area contributed by atoms with Gasteiger partial charge in [0.05, 0.1) is 6.54 Å². The summed E-state index contributed by atoms with van der Waals surface area (Å²) in [6, 6.07) is 7.65. The lowest BCUT2D eigenvalue weighted by atomic mass is 9.96. The summed E-state index contributed by atoms with van der Waals surface area (Å²) in [6.07, 6.45) is 1.32. The molecule has 1 unspecified atom stereocenters. The molecule has 0 aliphatic carbocycles. The molecule has 1 fully saturated rings. The SMILES string of the molecule is CC(NCC(=O)N1CCC(C(N)=O)CC1)c1ccc(Cl)cc1. The fraction of sp³-hybridized carbons (Fsp3) is 0.500. The Morgan fingerprint density at radius 3 is 2.45 bits per heavy atom. The van der Waals surface area contributed by atoms with Gasteiger partial charge < -0.3 is 16.0 Å². The maximum atomic E-state index is 12.2. The Kier molecular flexibility index (Phi) is 5.80. The second-order valence-electron chi connectivity index (χ2n) is 5.71. The molecule has 0 aromatic heterocycles. The van der Waals surface area contributed by atoms with Crippen LogP contribution in [0.1, 0.15) is 31.4 Å². The van der Waals surface area contributed by atoms with Crippen molar-refractivity contribution in [1.29, 1.82) is 0 Å². The molecule has 1 aliphatic rings. The largest absolute Gasteiger partial charge is 0.369 e. The molecule has 3 N–H and O–H groups in total. The number of halogens is 1. The van der Waals surface area contributed by atoms with Crippen LogP contribution in [0.5, 0.6) is 0 Å². The molecule has 0 radical (unpaired) electrons. The molecule has 0 spiro atoms. The van der Waals surface area contributed by atoms with E-state index < -0.39 is 0 Å². The minimum atomic E-state index is -0.262. The highest BCUT2D eigenvalue weighted by molar-refractivity contribution is 6.30.